The van der Waals surface area contributed by atoms with Crippen LogP contribution in [0.1, 0.15) is 24.8 Å². The first-order chi connectivity index (χ1) is 12.8. The van der Waals surface area contributed by atoms with Crippen molar-refractivity contribution in [3.8, 4) is 23.0 Å². The van der Waals surface area contributed by atoms with Gasteiger partial charge in [0.2, 0.25) is 6.79 Å². The zero-order valence-electron chi connectivity index (χ0n) is 15.1. The summed E-state index contributed by atoms with van der Waals surface area (Å²) >= 11 is 0. The molecular formula is C21H25NO4. The van der Waals surface area contributed by atoms with Crippen LogP contribution in [-0.2, 0) is 0 Å². The molecule has 5 nitrogen and oxygen atoms in total. The van der Waals surface area contributed by atoms with Crippen LogP contribution in [0.15, 0.2) is 42.5 Å². The number of nitrogens with one attached hydrogen (secondary N) is 1. The third-order valence-electron chi connectivity index (χ3n) is 5.04. The Labute approximate surface area is 154 Å². The molecule has 138 valence electrons. The molecule has 4 rings (SSSR count). The number of hydrogen-bond acceptors (Lipinski definition) is 5. The Morgan fingerprint density at radius 3 is 2.65 bits per heavy atom. The van der Waals surface area contributed by atoms with Crippen molar-refractivity contribution in [1.82, 2.24) is 5.32 Å². The fourth-order valence-corrected chi connectivity index (χ4v) is 3.68. The van der Waals surface area contributed by atoms with Crippen LogP contribution in [0.5, 0.6) is 23.0 Å². The molecule has 1 saturated heterocycles. The first kappa shape index (κ1) is 17.0. The van der Waals surface area contributed by atoms with Crippen molar-refractivity contribution in [3.05, 3.63) is 48.0 Å². The van der Waals surface area contributed by atoms with Crippen molar-refractivity contribution in [2.45, 2.75) is 19.3 Å². The SMILES string of the molecule is CCOc1ccc(C2CCNC[C@@H]2COc2ccc3c(c2)OCO3)cc1. The van der Waals surface area contributed by atoms with E-state index in [2.05, 4.69) is 29.6 Å². The average Bonchev–Trinajstić information content (AvgIpc) is 3.15. The van der Waals surface area contributed by atoms with Gasteiger partial charge in [0.25, 0.3) is 0 Å². The standard InChI is InChI=1S/C21H25NO4/c1-2-23-17-5-3-15(4-6-17)19-9-10-22-12-16(19)13-24-18-7-8-20-21(11-18)26-14-25-20/h3-8,11,16,19,22H,2,9-10,12-14H2,1H3/t16-,19?/m1/s1. The highest BCUT2D eigenvalue weighted by Crippen LogP contribution is 2.36. The van der Waals surface area contributed by atoms with Gasteiger partial charge in [0, 0.05) is 18.5 Å². The van der Waals surface area contributed by atoms with Gasteiger partial charge in [-0.1, -0.05) is 12.1 Å². The predicted octanol–water partition coefficient (Wildman–Crippen LogP) is 3.59. The van der Waals surface area contributed by atoms with Crippen LogP contribution >= 0.6 is 0 Å². The van der Waals surface area contributed by atoms with Crippen LogP contribution in [0, 0.1) is 5.92 Å². The fourth-order valence-electron chi connectivity index (χ4n) is 3.68. The van der Waals surface area contributed by atoms with Crippen LogP contribution in [0.25, 0.3) is 0 Å². The van der Waals surface area contributed by atoms with E-state index in [0.717, 1.165) is 42.5 Å². The van der Waals surface area contributed by atoms with Crippen LogP contribution in [0.3, 0.4) is 0 Å². The second-order valence-corrected chi connectivity index (χ2v) is 6.69. The largest absolute Gasteiger partial charge is 0.494 e. The van der Waals surface area contributed by atoms with Crippen LogP contribution < -0.4 is 24.3 Å². The summed E-state index contributed by atoms with van der Waals surface area (Å²) < 4.78 is 22.4. The zero-order chi connectivity index (χ0) is 17.8. The molecule has 2 aliphatic rings. The minimum absolute atomic E-state index is 0.283. The van der Waals surface area contributed by atoms with E-state index in [4.69, 9.17) is 18.9 Å². The van der Waals surface area contributed by atoms with E-state index in [-0.39, 0.29) is 6.79 Å². The summed E-state index contributed by atoms with van der Waals surface area (Å²) in [6.45, 7) is 5.65. The molecule has 5 heteroatoms. The maximum absolute atomic E-state index is 6.08. The van der Waals surface area contributed by atoms with E-state index in [1.807, 2.05) is 25.1 Å². The molecule has 1 N–H and O–H groups in total. The smallest absolute Gasteiger partial charge is 0.231 e. The Kier molecular flexibility index (Phi) is 5.16. The summed E-state index contributed by atoms with van der Waals surface area (Å²) in [5.41, 5.74) is 1.36. The van der Waals surface area contributed by atoms with Gasteiger partial charge in [-0.3, -0.25) is 0 Å². The quantitative estimate of drug-likeness (QED) is 0.858. The summed E-state index contributed by atoms with van der Waals surface area (Å²) in [5, 5.41) is 3.49. The van der Waals surface area contributed by atoms with Crippen LogP contribution in [0.4, 0.5) is 0 Å². The second kappa shape index (κ2) is 7.87. The zero-order valence-corrected chi connectivity index (χ0v) is 15.1. The molecule has 0 spiro atoms. The highest BCUT2D eigenvalue weighted by Gasteiger charge is 2.27. The Bertz CT molecular complexity index is 731. The van der Waals surface area contributed by atoms with E-state index < -0.39 is 0 Å². The van der Waals surface area contributed by atoms with Crippen molar-refractivity contribution < 1.29 is 18.9 Å². The van der Waals surface area contributed by atoms with E-state index >= 15 is 0 Å². The fraction of sp³-hybridized carbons (Fsp3) is 0.429. The summed E-state index contributed by atoms with van der Waals surface area (Å²) in [6, 6.07) is 14.3. The van der Waals surface area contributed by atoms with Crippen LogP contribution in [0.2, 0.25) is 0 Å². The summed E-state index contributed by atoms with van der Waals surface area (Å²) in [6.07, 6.45) is 1.11. The molecule has 2 aromatic carbocycles. The summed E-state index contributed by atoms with van der Waals surface area (Å²) in [7, 11) is 0. The van der Waals surface area contributed by atoms with Crippen molar-refractivity contribution in [3.63, 3.8) is 0 Å². The van der Waals surface area contributed by atoms with Gasteiger partial charge < -0.3 is 24.3 Å². The minimum Gasteiger partial charge on any atom is -0.494 e. The molecule has 1 fully saturated rings. The summed E-state index contributed by atoms with van der Waals surface area (Å²) in [5.74, 6) is 4.20. The molecule has 2 aromatic rings. The van der Waals surface area contributed by atoms with Gasteiger partial charge in [-0.15, -0.1) is 0 Å². The van der Waals surface area contributed by atoms with Gasteiger partial charge in [-0.05, 0) is 55.6 Å². The molecule has 2 heterocycles. The number of hydrogen-bond donors (Lipinski definition) is 1. The molecule has 0 saturated carbocycles. The first-order valence-electron chi connectivity index (χ1n) is 9.29. The van der Waals surface area contributed by atoms with Gasteiger partial charge in [0.05, 0.1) is 13.2 Å². The molecule has 0 aliphatic carbocycles. The monoisotopic (exact) mass is 355 g/mol. The minimum atomic E-state index is 0.283. The number of fused-ring (bicyclic) bond motifs is 1. The van der Waals surface area contributed by atoms with Crippen LogP contribution in [-0.4, -0.2) is 33.1 Å². The Balaban J connectivity index is 1.42. The lowest BCUT2D eigenvalue weighted by Gasteiger charge is -2.32. The molecule has 0 amide bonds. The van der Waals surface area contributed by atoms with Crippen molar-refractivity contribution in [2.24, 2.45) is 5.92 Å². The third kappa shape index (κ3) is 3.73. The predicted molar refractivity (Wildman–Crippen MR) is 99.4 cm³/mol. The lowest BCUT2D eigenvalue weighted by Crippen LogP contribution is -2.38. The molecule has 1 unspecified atom stereocenters. The van der Waals surface area contributed by atoms with E-state index in [9.17, 15) is 0 Å². The molecular weight excluding hydrogens is 330 g/mol. The molecule has 0 radical (unpaired) electrons. The van der Waals surface area contributed by atoms with Gasteiger partial charge >= 0.3 is 0 Å². The first-order valence-corrected chi connectivity index (χ1v) is 9.29. The van der Waals surface area contributed by atoms with Gasteiger partial charge in [-0.2, -0.15) is 0 Å². The van der Waals surface area contributed by atoms with Gasteiger partial charge in [-0.25, -0.2) is 0 Å². The van der Waals surface area contributed by atoms with Crippen molar-refractivity contribution >= 4 is 0 Å². The average molecular weight is 355 g/mol. The number of ether oxygens (including phenoxy) is 4. The van der Waals surface area contributed by atoms with E-state index in [1.54, 1.807) is 0 Å². The Hall–Kier alpha value is -2.40. The van der Waals surface area contributed by atoms with Gasteiger partial charge in [0.15, 0.2) is 11.5 Å². The van der Waals surface area contributed by atoms with Gasteiger partial charge in [0.1, 0.15) is 11.5 Å². The maximum atomic E-state index is 6.08. The maximum Gasteiger partial charge on any atom is 0.231 e. The van der Waals surface area contributed by atoms with E-state index in [1.165, 1.54) is 5.56 Å². The topological polar surface area (TPSA) is 49.0 Å². The highest BCUT2D eigenvalue weighted by molar-refractivity contribution is 5.46. The summed E-state index contributed by atoms with van der Waals surface area (Å²) in [4.78, 5) is 0. The Morgan fingerprint density at radius 1 is 1.00 bits per heavy atom. The molecule has 2 aliphatic heterocycles. The molecule has 2 atom stereocenters. The van der Waals surface area contributed by atoms with E-state index in [0.29, 0.717) is 25.0 Å². The number of rotatable bonds is 6. The number of piperidine rings is 1. The lowest BCUT2D eigenvalue weighted by atomic mass is 9.81. The highest BCUT2D eigenvalue weighted by atomic mass is 16.7. The molecule has 0 bridgehead atoms. The normalized spacial score (nSPS) is 21.4. The number of benzene rings is 2. The molecule has 26 heavy (non-hydrogen) atoms. The Morgan fingerprint density at radius 2 is 1.81 bits per heavy atom. The van der Waals surface area contributed by atoms with Crippen molar-refractivity contribution in [2.75, 3.05) is 33.1 Å². The van der Waals surface area contributed by atoms with Crippen molar-refractivity contribution in [1.29, 1.82) is 0 Å². The lowest BCUT2D eigenvalue weighted by molar-refractivity contribution is 0.173. The molecule has 0 aromatic heterocycles. The third-order valence-corrected chi connectivity index (χ3v) is 5.04. The second-order valence-electron chi connectivity index (χ2n) is 6.69.